The predicted molar refractivity (Wildman–Crippen MR) is 232 cm³/mol. The van der Waals surface area contributed by atoms with Gasteiger partial charge < -0.3 is 53.7 Å². The molecule has 0 unspecified atom stereocenters. The zero-order valence-corrected chi connectivity index (χ0v) is 36.1. The van der Waals surface area contributed by atoms with Gasteiger partial charge in [-0.1, -0.05) is 0 Å². The standard InChI is InChI=1S/C43H51N9O11/c1-47(2)13-9-8-11-36(53)32-17-28(24-49(32)4)45-41(56)34-15-26(22-48(34)3)16-37(54)33-18-29(25-50(33)5)46-42(57)35-19-27(23-51(35)6)44-40(55)12-10-14-63-39-21-31(52(60)61)30(43(58)59)20-38(39)62-7/h15,17-25H,8-14,16H2,1-7H3,(H,44,55)(H,45,56)(H,46,57)(H,58,59). The third-order valence-electron chi connectivity index (χ3n) is 10.1. The third-order valence-corrected chi connectivity index (χ3v) is 10.1. The molecule has 0 saturated carbocycles. The molecule has 0 atom stereocenters. The Balaban J connectivity index is 1.12. The first kappa shape index (κ1) is 46.6. The number of aromatic nitrogens is 4. The average molecular weight is 870 g/mol. The number of aromatic carboxylic acids is 1. The van der Waals surface area contributed by atoms with Crippen molar-refractivity contribution in [3.63, 3.8) is 0 Å². The Morgan fingerprint density at radius 2 is 1.22 bits per heavy atom. The summed E-state index contributed by atoms with van der Waals surface area (Å²) in [6, 6.07) is 8.29. The number of ether oxygens (including phenoxy) is 2. The van der Waals surface area contributed by atoms with Crippen LogP contribution in [0.2, 0.25) is 0 Å². The predicted octanol–water partition coefficient (Wildman–Crippen LogP) is 5.30. The lowest BCUT2D eigenvalue weighted by atomic mass is 10.1. The Labute approximate surface area is 362 Å². The van der Waals surface area contributed by atoms with Gasteiger partial charge in [-0.3, -0.25) is 34.1 Å². The van der Waals surface area contributed by atoms with E-state index in [4.69, 9.17) is 9.47 Å². The molecule has 5 rings (SSSR count). The maximum atomic E-state index is 13.5. The summed E-state index contributed by atoms with van der Waals surface area (Å²) in [5.74, 6) is -3.11. The van der Waals surface area contributed by atoms with Crippen LogP contribution in [0.4, 0.5) is 22.7 Å². The third kappa shape index (κ3) is 11.9. The van der Waals surface area contributed by atoms with Gasteiger partial charge in [0, 0.05) is 78.3 Å². The van der Waals surface area contributed by atoms with Crippen molar-refractivity contribution in [3.05, 3.63) is 105 Å². The van der Waals surface area contributed by atoms with Gasteiger partial charge in [0.15, 0.2) is 23.1 Å². The molecule has 334 valence electrons. The first-order valence-corrected chi connectivity index (χ1v) is 19.9. The lowest BCUT2D eigenvalue weighted by Crippen LogP contribution is -2.15. The topological polar surface area (TPSA) is 243 Å². The Bertz CT molecular complexity index is 2560. The molecule has 0 saturated heterocycles. The molecule has 4 aromatic heterocycles. The van der Waals surface area contributed by atoms with Crippen molar-refractivity contribution in [3.8, 4) is 11.5 Å². The Hall–Kier alpha value is -7.48. The molecule has 20 nitrogen and oxygen atoms in total. The zero-order chi connectivity index (χ0) is 46.1. The van der Waals surface area contributed by atoms with E-state index in [1.165, 1.54) is 17.7 Å². The van der Waals surface area contributed by atoms with Crippen LogP contribution < -0.4 is 25.4 Å². The van der Waals surface area contributed by atoms with Gasteiger partial charge in [-0.05, 0) is 69.7 Å². The average Bonchev–Trinajstić information content (AvgIpc) is 3.98. The van der Waals surface area contributed by atoms with Crippen molar-refractivity contribution < 1.29 is 48.3 Å². The van der Waals surface area contributed by atoms with Crippen molar-refractivity contribution in [1.29, 1.82) is 0 Å². The largest absolute Gasteiger partial charge is 0.493 e. The summed E-state index contributed by atoms with van der Waals surface area (Å²) in [6.45, 7) is 0.859. The number of carboxylic acids is 1. The Morgan fingerprint density at radius 1 is 0.683 bits per heavy atom. The van der Waals surface area contributed by atoms with E-state index in [-0.39, 0.29) is 54.6 Å². The molecular weight excluding hydrogens is 819 g/mol. The van der Waals surface area contributed by atoms with Gasteiger partial charge in [-0.25, -0.2) is 4.79 Å². The van der Waals surface area contributed by atoms with Gasteiger partial charge in [0.25, 0.3) is 17.5 Å². The molecule has 0 aliphatic heterocycles. The number of nitro groups is 1. The SMILES string of the molecule is COc1cc(C(=O)O)c([N+](=O)[O-])cc1OCCCC(=O)Nc1cc(C(=O)Nc2cc(C(=O)Cc3cc(C(=O)Nc4cc(C(=O)CCCCN(C)C)n(C)c4)n(C)c3)n(C)c2)n(C)c1. The minimum absolute atomic E-state index is 0.00138. The highest BCUT2D eigenvalue weighted by atomic mass is 16.6. The molecule has 0 radical (unpaired) electrons. The summed E-state index contributed by atoms with van der Waals surface area (Å²) in [6.07, 6.45) is 8.79. The van der Waals surface area contributed by atoms with Crippen molar-refractivity contribution in [1.82, 2.24) is 23.2 Å². The maximum Gasteiger partial charge on any atom is 0.342 e. The summed E-state index contributed by atoms with van der Waals surface area (Å²) in [7, 11) is 12.0. The highest BCUT2D eigenvalue weighted by molar-refractivity contribution is 6.07. The van der Waals surface area contributed by atoms with E-state index in [2.05, 4.69) is 20.9 Å². The fraction of sp³-hybridized carbons (Fsp3) is 0.349. The number of aryl methyl sites for hydroxylation is 4. The molecule has 0 fully saturated rings. The first-order chi connectivity index (χ1) is 29.8. The van der Waals surface area contributed by atoms with Crippen LogP contribution in [0.3, 0.4) is 0 Å². The number of carbonyl (C=O) groups excluding carboxylic acids is 5. The monoisotopic (exact) mass is 869 g/mol. The number of ketones is 2. The van der Waals surface area contributed by atoms with Crippen molar-refractivity contribution in [2.75, 3.05) is 50.3 Å². The number of Topliss-reactive ketones (excluding diaryl/α,β-unsaturated/α-hetero) is 2. The number of nitro benzene ring substituents is 1. The number of methoxy groups -OCH3 is 1. The number of benzene rings is 1. The number of hydrogen-bond acceptors (Lipinski definition) is 11. The van der Waals surface area contributed by atoms with E-state index < -0.39 is 39.9 Å². The second-order valence-corrected chi connectivity index (χ2v) is 15.3. The van der Waals surface area contributed by atoms with E-state index in [1.54, 1.807) is 84.9 Å². The lowest BCUT2D eigenvalue weighted by molar-refractivity contribution is -0.385. The van der Waals surface area contributed by atoms with Gasteiger partial charge >= 0.3 is 5.97 Å². The number of anilines is 3. The molecule has 0 aliphatic rings. The van der Waals surface area contributed by atoms with Crippen molar-refractivity contribution in [2.45, 2.75) is 38.5 Å². The summed E-state index contributed by atoms with van der Waals surface area (Å²) >= 11 is 0. The minimum atomic E-state index is -1.50. The van der Waals surface area contributed by atoms with E-state index in [1.807, 2.05) is 14.1 Å². The fourth-order valence-electron chi connectivity index (χ4n) is 6.92. The number of amides is 3. The van der Waals surface area contributed by atoms with Crippen molar-refractivity contribution in [2.24, 2.45) is 28.2 Å². The van der Waals surface area contributed by atoms with Gasteiger partial charge in [-0.15, -0.1) is 0 Å². The summed E-state index contributed by atoms with van der Waals surface area (Å²) in [5.41, 5.74) is 1.94. The van der Waals surface area contributed by atoms with Gasteiger partial charge in [0.05, 0.1) is 53.2 Å². The number of hydrogen-bond donors (Lipinski definition) is 4. The number of carbonyl (C=O) groups is 6. The highest BCUT2D eigenvalue weighted by Crippen LogP contribution is 2.35. The molecular formula is C43H51N9O11. The first-order valence-electron chi connectivity index (χ1n) is 19.9. The molecule has 0 aliphatic carbocycles. The number of nitrogens with one attached hydrogen (secondary N) is 3. The van der Waals surface area contributed by atoms with Crippen LogP contribution in [0, 0.1) is 10.1 Å². The Kier molecular flexibility index (Phi) is 15.1. The van der Waals surface area contributed by atoms with Crippen LogP contribution in [-0.2, 0) is 39.4 Å². The van der Waals surface area contributed by atoms with Crippen LogP contribution in [0.25, 0.3) is 0 Å². The van der Waals surface area contributed by atoms with E-state index in [0.717, 1.165) is 31.5 Å². The number of rotatable bonds is 22. The minimum Gasteiger partial charge on any atom is -0.493 e. The molecule has 0 bridgehead atoms. The summed E-state index contributed by atoms with van der Waals surface area (Å²) < 4.78 is 17.1. The van der Waals surface area contributed by atoms with Crippen LogP contribution in [0.15, 0.2) is 61.2 Å². The normalized spacial score (nSPS) is 11.0. The zero-order valence-electron chi connectivity index (χ0n) is 36.1. The van der Waals surface area contributed by atoms with E-state index in [0.29, 0.717) is 46.1 Å². The number of nitrogens with zero attached hydrogens (tertiary/aromatic N) is 6. The van der Waals surface area contributed by atoms with Crippen LogP contribution in [0.1, 0.15) is 90.0 Å². The smallest absolute Gasteiger partial charge is 0.342 e. The quantitative estimate of drug-likeness (QED) is 0.0300. The molecule has 20 heteroatoms. The van der Waals surface area contributed by atoms with Gasteiger partial charge in [-0.2, -0.15) is 0 Å². The summed E-state index contributed by atoms with van der Waals surface area (Å²) in [5, 5.41) is 29.0. The number of carboxylic acid groups (broad SMARTS) is 1. The molecule has 4 heterocycles. The summed E-state index contributed by atoms with van der Waals surface area (Å²) in [4.78, 5) is 89.6. The molecule has 63 heavy (non-hydrogen) atoms. The second-order valence-electron chi connectivity index (χ2n) is 15.3. The van der Waals surface area contributed by atoms with Crippen LogP contribution in [-0.4, -0.2) is 103 Å². The fourth-order valence-corrected chi connectivity index (χ4v) is 6.92. The number of unbranched alkanes of at least 4 members (excludes halogenated alkanes) is 1. The van der Waals surface area contributed by atoms with Gasteiger partial charge in [0.2, 0.25) is 5.91 Å². The van der Waals surface area contributed by atoms with E-state index in [9.17, 15) is 44.0 Å². The molecule has 0 spiro atoms. The maximum absolute atomic E-state index is 13.5. The lowest BCUT2D eigenvalue weighted by Gasteiger charge is -2.11. The highest BCUT2D eigenvalue weighted by Gasteiger charge is 2.25. The van der Waals surface area contributed by atoms with Crippen LogP contribution >= 0.6 is 0 Å². The molecule has 3 amide bonds. The van der Waals surface area contributed by atoms with Gasteiger partial charge in [0.1, 0.15) is 17.0 Å². The molecule has 5 aromatic rings. The van der Waals surface area contributed by atoms with Crippen molar-refractivity contribution >= 4 is 58.0 Å². The van der Waals surface area contributed by atoms with Crippen LogP contribution in [0.5, 0.6) is 11.5 Å². The molecule has 1 aromatic carbocycles. The second kappa shape index (κ2) is 20.4. The Morgan fingerprint density at radius 3 is 1.79 bits per heavy atom. The molecule has 4 N–H and O–H groups in total. The van der Waals surface area contributed by atoms with E-state index >= 15 is 0 Å².